The Labute approximate surface area is 176 Å². The van der Waals surface area contributed by atoms with Gasteiger partial charge in [-0.15, -0.1) is 0 Å². The largest absolute Gasteiger partial charge is 0.434 e. The highest BCUT2D eigenvalue weighted by molar-refractivity contribution is 5.97. The van der Waals surface area contributed by atoms with E-state index in [1.165, 1.54) is 37.8 Å². The van der Waals surface area contributed by atoms with Gasteiger partial charge >= 0.3 is 6.61 Å². The highest BCUT2D eigenvalue weighted by Gasteiger charge is 2.42. The minimum absolute atomic E-state index is 0.000103. The molecule has 1 aromatic carbocycles. The van der Waals surface area contributed by atoms with E-state index < -0.39 is 6.61 Å². The van der Waals surface area contributed by atoms with Crippen molar-refractivity contribution in [2.45, 2.75) is 58.1 Å². The Bertz CT molecular complexity index is 787. The molecule has 3 fully saturated rings. The van der Waals surface area contributed by atoms with Gasteiger partial charge in [0.2, 0.25) is 5.91 Å². The first kappa shape index (κ1) is 21.1. The molecule has 2 saturated carbocycles. The third-order valence-electron chi connectivity index (χ3n) is 7.22. The van der Waals surface area contributed by atoms with Crippen LogP contribution in [0.1, 0.15) is 55.8 Å². The lowest BCUT2D eigenvalue weighted by Crippen LogP contribution is -2.49. The lowest BCUT2D eigenvalue weighted by Gasteiger charge is -2.34. The van der Waals surface area contributed by atoms with E-state index in [2.05, 4.69) is 17.0 Å². The Balaban J connectivity index is 1.37. The van der Waals surface area contributed by atoms with Crippen LogP contribution in [0.5, 0.6) is 5.75 Å². The van der Waals surface area contributed by atoms with Crippen molar-refractivity contribution in [1.29, 1.82) is 0 Å². The summed E-state index contributed by atoms with van der Waals surface area (Å²) in [4.78, 5) is 27.5. The molecule has 0 spiro atoms. The molecular formula is C23H30F2N2O3. The second-order valence-corrected chi connectivity index (χ2v) is 9.10. The minimum Gasteiger partial charge on any atom is -0.434 e. The van der Waals surface area contributed by atoms with E-state index in [4.69, 9.17) is 0 Å². The first-order valence-corrected chi connectivity index (χ1v) is 11.1. The molecule has 0 radical (unpaired) electrons. The fourth-order valence-electron chi connectivity index (χ4n) is 5.74. The quantitative estimate of drug-likeness (QED) is 0.754. The Morgan fingerprint density at radius 3 is 2.67 bits per heavy atom. The van der Waals surface area contributed by atoms with Crippen LogP contribution in [-0.2, 0) is 4.79 Å². The molecule has 5 atom stereocenters. The minimum atomic E-state index is -2.99. The maximum atomic E-state index is 13.0. The predicted octanol–water partition coefficient (Wildman–Crippen LogP) is 4.08. The van der Waals surface area contributed by atoms with Crippen molar-refractivity contribution in [3.63, 3.8) is 0 Å². The molecule has 1 aliphatic heterocycles. The molecule has 1 saturated heterocycles. The Hall–Kier alpha value is -2.18. The number of para-hydroxylation sites is 1. The average Bonchev–Trinajstić information content (AvgIpc) is 3.37. The van der Waals surface area contributed by atoms with Crippen LogP contribution in [0.3, 0.4) is 0 Å². The van der Waals surface area contributed by atoms with Gasteiger partial charge in [-0.2, -0.15) is 8.78 Å². The van der Waals surface area contributed by atoms with Crippen LogP contribution in [0.2, 0.25) is 0 Å². The molecule has 7 heteroatoms. The number of nitrogens with one attached hydrogen (secondary N) is 1. The molecule has 2 bridgehead atoms. The number of benzene rings is 1. The van der Waals surface area contributed by atoms with Gasteiger partial charge in [0, 0.05) is 19.1 Å². The SMILES string of the molecule is CC(NC(=O)C1CCCN(C(=O)c2ccccc2OC(F)F)C1)C1CC2CCC1C2. The number of nitrogens with zero attached hydrogens (tertiary/aromatic N) is 1. The van der Waals surface area contributed by atoms with Crippen LogP contribution in [0.25, 0.3) is 0 Å². The van der Waals surface area contributed by atoms with Crippen LogP contribution in [-0.4, -0.2) is 42.5 Å². The van der Waals surface area contributed by atoms with Crippen LogP contribution in [0.4, 0.5) is 8.78 Å². The topological polar surface area (TPSA) is 58.6 Å². The number of rotatable bonds is 6. The van der Waals surface area contributed by atoms with E-state index in [0.717, 1.165) is 18.3 Å². The van der Waals surface area contributed by atoms with E-state index in [9.17, 15) is 18.4 Å². The third kappa shape index (κ3) is 4.44. The number of piperidine rings is 1. The number of alkyl halides is 2. The standard InChI is InChI=1S/C23H30F2N2O3/c1-14(19-12-15-8-9-16(19)11-15)26-21(28)17-5-4-10-27(13-17)22(29)18-6-2-3-7-20(18)30-23(24)25/h2-3,6-7,14-17,19,23H,4-5,8-13H2,1H3,(H,26,28). The molecule has 164 valence electrons. The zero-order valence-electron chi connectivity index (χ0n) is 17.4. The monoisotopic (exact) mass is 420 g/mol. The molecule has 5 unspecified atom stereocenters. The van der Waals surface area contributed by atoms with Crippen molar-refractivity contribution in [2.24, 2.45) is 23.7 Å². The van der Waals surface area contributed by atoms with Gasteiger partial charge in [-0.25, -0.2) is 0 Å². The lowest BCUT2D eigenvalue weighted by molar-refractivity contribution is -0.127. The number of amides is 2. The Morgan fingerprint density at radius 2 is 1.97 bits per heavy atom. The van der Waals surface area contributed by atoms with E-state index in [1.807, 2.05) is 0 Å². The summed E-state index contributed by atoms with van der Waals surface area (Å²) < 4.78 is 29.9. The predicted molar refractivity (Wildman–Crippen MR) is 108 cm³/mol. The molecule has 0 aromatic heterocycles. The summed E-state index contributed by atoms with van der Waals surface area (Å²) in [6.45, 7) is -0.0800. The summed E-state index contributed by atoms with van der Waals surface area (Å²) in [5, 5.41) is 3.21. The summed E-state index contributed by atoms with van der Waals surface area (Å²) >= 11 is 0. The molecule has 30 heavy (non-hydrogen) atoms. The van der Waals surface area contributed by atoms with Crippen molar-refractivity contribution >= 4 is 11.8 Å². The van der Waals surface area contributed by atoms with Gasteiger partial charge < -0.3 is 15.0 Å². The second kappa shape index (κ2) is 8.90. The molecular weight excluding hydrogens is 390 g/mol. The Kier molecular flexibility index (Phi) is 6.25. The number of halogens is 2. The molecule has 3 aliphatic rings. The smallest absolute Gasteiger partial charge is 0.387 e. The van der Waals surface area contributed by atoms with Crippen molar-refractivity contribution in [3.05, 3.63) is 29.8 Å². The van der Waals surface area contributed by atoms with Crippen LogP contribution >= 0.6 is 0 Å². The molecule has 4 rings (SSSR count). The number of hydrogen-bond acceptors (Lipinski definition) is 3. The first-order valence-electron chi connectivity index (χ1n) is 11.1. The first-order chi connectivity index (χ1) is 14.4. The number of carbonyl (C=O) groups is 2. The van der Waals surface area contributed by atoms with Gasteiger partial charge in [0.15, 0.2) is 0 Å². The van der Waals surface area contributed by atoms with E-state index in [0.29, 0.717) is 25.4 Å². The summed E-state index contributed by atoms with van der Waals surface area (Å²) in [5.41, 5.74) is 0.106. The average molecular weight is 421 g/mol. The van der Waals surface area contributed by atoms with Crippen LogP contribution < -0.4 is 10.1 Å². The molecule has 1 N–H and O–H groups in total. The van der Waals surface area contributed by atoms with Crippen molar-refractivity contribution < 1.29 is 23.1 Å². The van der Waals surface area contributed by atoms with Crippen LogP contribution in [0.15, 0.2) is 24.3 Å². The van der Waals surface area contributed by atoms with E-state index in [-0.39, 0.29) is 35.1 Å². The van der Waals surface area contributed by atoms with Gasteiger partial charge in [0.1, 0.15) is 5.75 Å². The summed E-state index contributed by atoms with van der Waals surface area (Å²) in [6, 6.07) is 6.18. The summed E-state index contributed by atoms with van der Waals surface area (Å²) in [5.74, 6) is 1.36. The van der Waals surface area contributed by atoms with Crippen molar-refractivity contribution in [3.8, 4) is 5.75 Å². The van der Waals surface area contributed by atoms with Gasteiger partial charge in [-0.3, -0.25) is 9.59 Å². The zero-order valence-corrected chi connectivity index (χ0v) is 17.4. The van der Waals surface area contributed by atoms with Gasteiger partial charge in [0.05, 0.1) is 11.5 Å². The van der Waals surface area contributed by atoms with Crippen LogP contribution in [0, 0.1) is 23.7 Å². The maximum absolute atomic E-state index is 13.0. The lowest BCUT2D eigenvalue weighted by atomic mass is 9.83. The normalized spacial score (nSPS) is 29.1. The number of hydrogen-bond donors (Lipinski definition) is 1. The summed E-state index contributed by atoms with van der Waals surface area (Å²) in [7, 11) is 0. The van der Waals surface area contributed by atoms with Gasteiger partial charge in [0.25, 0.3) is 5.91 Å². The number of fused-ring (bicyclic) bond motifs is 2. The number of ether oxygens (including phenoxy) is 1. The highest BCUT2D eigenvalue weighted by Crippen LogP contribution is 2.49. The molecule has 1 heterocycles. The second-order valence-electron chi connectivity index (χ2n) is 9.10. The van der Waals surface area contributed by atoms with E-state index >= 15 is 0 Å². The fourth-order valence-corrected chi connectivity index (χ4v) is 5.74. The third-order valence-corrected chi connectivity index (χ3v) is 7.22. The zero-order chi connectivity index (χ0) is 21.3. The molecule has 1 aromatic rings. The van der Waals surface area contributed by atoms with Gasteiger partial charge in [-0.05, 0) is 68.9 Å². The Morgan fingerprint density at radius 1 is 1.17 bits per heavy atom. The molecule has 2 aliphatic carbocycles. The fraction of sp³-hybridized carbons (Fsp3) is 0.652. The number of likely N-dealkylation sites (tertiary alicyclic amines) is 1. The van der Waals surface area contributed by atoms with Crippen molar-refractivity contribution in [1.82, 2.24) is 10.2 Å². The summed E-state index contributed by atoms with van der Waals surface area (Å²) in [6.07, 6.45) is 6.57. The maximum Gasteiger partial charge on any atom is 0.387 e. The molecule has 2 amide bonds. The van der Waals surface area contributed by atoms with Gasteiger partial charge in [-0.1, -0.05) is 18.6 Å². The highest BCUT2D eigenvalue weighted by atomic mass is 19.3. The molecule has 5 nitrogen and oxygen atoms in total. The van der Waals surface area contributed by atoms with Crippen molar-refractivity contribution in [2.75, 3.05) is 13.1 Å². The van der Waals surface area contributed by atoms with E-state index in [1.54, 1.807) is 17.0 Å². The number of carbonyl (C=O) groups excluding carboxylic acids is 2.